The number of rotatable bonds is 4. The van der Waals surface area contributed by atoms with E-state index in [4.69, 9.17) is 11.6 Å². The Labute approximate surface area is 138 Å². The number of thioether (sulfide) groups is 1. The topological polar surface area (TPSA) is 34.4 Å². The van der Waals surface area contributed by atoms with Crippen molar-refractivity contribution in [2.24, 2.45) is 0 Å². The fraction of sp³-hybridized carbons (Fsp3) is 0.176. The van der Waals surface area contributed by atoms with Crippen LogP contribution in [-0.2, 0) is 11.5 Å². The minimum atomic E-state index is -0.0317. The number of halogens is 1. The van der Waals surface area contributed by atoms with Crippen molar-refractivity contribution in [1.29, 1.82) is 0 Å². The molecule has 3 nitrogen and oxygen atoms in total. The number of fused-ring (bicyclic) bond motifs is 1. The molecule has 0 spiro atoms. The molecule has 112 valence electrons. The first kappa shape index (κ1) is 15.1. The molecule has 0 aliphatic carbocycles. The fourth-order valence-electron chi connectivity index (χ4n) is 2.24. The molecule has 0 aliphatic heterocycles. The van der Waals surface area contributed by atoms with E-state index in [-0.39, 0.29) is 5.56 Å². The molecule has 1 aromatic carbocycles. The largest absolute Gasteiger partial charge is 0.269 e. The maximum absolute atomic E-state index is 12.1. The molecule has 22 heavy (non-hydrogen) atoms. The quantitative estimate of drug-likeness (QED) is 0.722. The molecule has 5 heteroatoms. The molecule has 0 unspecified atom stereocenters. The van der Waals surface area contributed by atoms with Gasteiger partial charge in [0.05, 0.1) is 5.69 Å². The lowest BCUT2D eigenvalue weighted by molar-refractivity contribution is 1.00. The second kappa shape index (κ2) is 6.55. The first-order valence-corrected chi connectivity index (χ1v) is 8.47. The van der Waals surface area contributed by atoms with Crippen LogP contribution in [0.15, 0.2) is 53.5 Å². The number of nitrogens with zero attached hydrogens (tertiary/aromatic N) is 2. The Morgan fingerprint density at radius 3 is 2.73 bits per heavy atom. The number of hydrogen-bond donors (Lipinski definition) is 0. The van der Waals surface area contributed by atoms with E-state index in [1.807, 2.05) is 43.3 Å². The van der Waals surface area contributed by atoms with Crippen LogP contribution in [0.2, 0.25) is 5.02 Å². The summed E-state index contributed by atoms with van der Waals surface area (Å²) in [6.07, 6.45) is 1.75. The predicted molar refractivity (Wildman–Crippen MR) is 92.7 cm³/mol. The van der Waals surface area contributed by atoms with E-state index in [1.54, 1.807) is 28.4 Å². The summed E-state index contributed by atoms with van der Waals surface area (Å²) in [5, 5.41) is 0.744. The van der Waals surface area contributed by atoms with Gasteiger partial charge in [0.15, 0.2) is 0 Å². The number of aromatic nitrogens is 2. The van der Waals surface area contributed by atoms with Crippen LogP contribution in [-0.4, -0.2) is 9.38 Å². The summed E-state index contributed by atoms with van der Waals surface area (Å²) in [5.74, 6) is 1.58. The van der Waals surface area contributed by atoms with E-state index >= 15 is 0 Å². The Balaban J connectivity index is 1.75. The fourth-order valence-corrected chi connectivity index (χ4v) is 3.25. The molecule has 0 bridgehead atoms. The van der Waals surface area contributed by atoms with Gasteiger partial charge in [-0.15, -0.1) is 0 Å². The standard InChI is InChI=1S/C17H15ClN2OS/c1-12-3-2-8-20-16(21)9-15(19-17(12)20)11-22-10-13-4-6-14(18)7-5-13/h2-9H,10-11H2,1H3. The second-order valence-electron chi connectivity index (χ2n) is 5.09. The van der Waals surface area contributed by atoms with Crippen molar-refractivity contribution < 1.29 is 0 Å². The summed E-state index contributed by atoms with van der Waals surface area (Å²) < 4.78 is 1.59. The van der Waals surface area contributed by atoms with Crippen molar-refractivity contribution in [3.8, 4) is 0 Å². The van der Waals surface area contributed by atoms with Gasteiger partial charge in [0.1, 0.15) is 5.65 Å². The predicted octanol–water partition coefficient (Wildman–Crippen LogP) is 4.09. The van der Waals surface area contributed by atoms with Crippen molar-refractivity contribution >= 4 is 29.0 Å². The molecule has 0 atom stereocenters. The summed E-state index contributed by atoms with van der Waals surface area (Å²) in [5.41, 5.74) is 3.73. The minimum Gasteiger partial charge on any atom is -0.269 e. The van der Waals surface area contributed by atoms with E-state index in [0.29, 0.717) is 5.75 Å². The number of pyridine rings is 1. The van der Waals surface area contributed by atoms with Gasteiger partial charge in [-0.2, -0.15) is 11.8 Å². The maximum Gasteiger partial charge on any atom is 0.258 e. The van der Waals surface area contributed by atoms with Crippen LogP contribution in [0.25, 0.3) is 5.65 Å². The van der Waals surface area contributed by atoms with Crippen LogP contribution in [0.4, 0.5) is 0 Å². The zero-order valence-electron chi connectivity index (χ0n) is 12.1. The number of benzene rings is 1. The normalized spacial score (nSPS) is 11.0. The second-order valence-corrected chi connectivity index (χ2v) is 6.51. The van der Waals surface area contributed by atoms with Gasteiger partial charge in [-0.25, -0.2) is 4.98 Å². The monoisotopic (exact) mass is 330 g/mol. The Bertz CT molecular complexity index is 859. The van der Waals surface area contributed by atoms with E-state index in [2.05, 4.69) is 4.98 Å². The Hall–Kier alpha value is -1.78. The molecule has 0 saturated carbocycles. The molecule has 2 aromatic heterocycles. The highest BCUT2D eigenvalue weighted by molar-refractivity contribution is 7.97. The van der Waals surface area contributed by atoms with Gasteiger partial charge in [0.25, 0.3) is 5.56 Å². The molecule has 2 heterocycles. The van der Waals surface area contributed by atoms with Crippen LogP contribution in [0.5, 0.6) is 0 Å². The van der Waals surface area contributed by atoms with E-state index in [0.717, 1.165) is 27.7 Å². The molecule has 0 N–H and O–H groups in total. The third-order valence-corrected chi connectivity index (χ3v) is 4.66. The number of hydrogen-bond acceptors (Lipinski definition) is 3. The molecule has 0 radical (unpaired) electrons. The highest BCUT2D eigenvalue weighted by Gasteiger charge is 2.05. The van der Waals surface area contributed by atoms with Gasteiger partial charge >= 0.3 is 0 Å². The molecule has 0 fully saturated rings. The molecular formula is C17H15ClN2OS. The van der Waals surface area contributed by atoms with Crippen LogP contribution in [0.3, 0.4) is 0 Å². The highest BCUT2D eigenvalue weighted by atomic mass is 35.5. The molecule has 0 amide bonds. The summed E-state index contributed by atoms with van der Waals surface area (Å²) in [6.45, 7) is 1.96. The molecule has 3 rings (SSSR count). The Morgan fingerprint density at radius 1 is 1.18 bits per heavy atom. The van der Waals surface area contributed by atoms with Gasteiger partial charge in [-0.05, 0) is 36.2 Å². The summed E-state index contributed by atoms with van der Waals surface area (Å²) >= 11 is 7.61. The summed E-state index contributed by atoms with van der Waals surface area (Å²) in [7, 11) is 0. The van der Waals surface area contributed by atoms with Gasteiger partial charge in [-0.3, -0.25) is 9.20 Å². The van der Waals surface area contributed by atoms with Gasteiger partial charge < -0.3 is 0 Å². The van der Waals surface area contributed by atoms with Crippen molar-refractivity contribution in [3.63, 3.8) is 0 Å². The van der Waals surface area contributed by atoms with Crippen LogP contribution < -0.4 is 5.56 Å². The molecule has 0 saturated heterocycles. The van der Waals surface area contributed by atoms with Gasteiger partial charge in [0, 0.05) is 28.8 Å². The molecular weight excluding hydrogens is 316 g/mol. The lowest BCUT2D eigenvalue weighted by Gasteiger charge is -2.06. The maximum atomic E-state index is 12.1. The van der Waals surface area contributed by atoms with E-state index in [1.165, 1.54) is 5.56 Å². The highest BCUT2D eigenvalue weighted by Crippen LogP contribution is 2.18. The smallest absolute Gasteiger partial charge is 0.258 e. The average Bonchev–Trinajstić information content (AvgIpc) is 2.50. The Kier molecular flexibility index (Phi) is 4.50. The third kappa shape index (κ3) is 3.34. The van der Waals surface area contributed by atoms with Gasteiger partial charge in [0.2, 0.25) is 0 Å². The first-order valence-electron chi connectivity index (χ1n) is 6.93. The van der Waals surface area contributed by atoms with Crippen LogP contribution in [0, 0.1) is 6.92 Å². The SMILES string of the molecule is Cc1cccn2c(=O)cc(CSCc3ccc(Cl)cc3)nc12. The van der Waals surface area contributed by atoms with Crippen LogP contribution in [0.1, 0.15) is 16.8 Å². The van der Waals surface area contributed by atoms with Crippen molar-refractivity contribution in [3.05, 3.63) is 80.9 Å². The van der Waals surface area contributed by atoms with E-state index in [9.17, 15) is 4.79 Å². The third-order valence-electron chi connectivity index (χ3n) is 3.37. The first-order chi connectivity index (χ1) is 10.6. The molecule has 0 aliphatic rings. The number of aryl methyl sites for hydroxylation is 1. The van der Waals surface area contributed by atoms with Crippen molar-refractivity contribution in [2.75, 3.05) is 0 Å². The minimum absolute atomic E-state index is 0.0317. The average molecular weight is 331 g/mol. The molecule has 3 aromatic rings. The zero-order valence-corrected chi connectivity index (χ0v) is 13.7. The Morgan fingerprint density at radius 2 is 1.95 bits per heavy atom. The van der Waals surface area contributed by atoms with Gasteiger partial charge in [-0.1, -0.05) is 29.8 Å². The van der Waals surface area contributed by atoms with Crippen molar-refractivity contribution in [1.82, 2.24) is 9.38 Å². The lowest BCUT2D eigenvalue weighted by atomic mass is 10.2. The van der Waals surface area contributed by atoms with E-state index < -0.39 is 0 Å². The summed E-state index contributed by atoms with van der Waals surface area (Å²) in [6, 6.07) is 13.3. The van der Waals surface area contributed by atoms with Crippen LogP contribution >= 0.6 is 23.4 Å². The zero-order chi connectivity index (χ0) is 15.5. The summed E-state index contributed by atoms with van der Waals surface area (Å²) in [4.78, 5) is 16.7. The lowest BCUT2D eigenvalue weighted by Crippen LogP contribution is -2.15. The van der Waals surface area contributed by atoms with Crippen molar-refractivity contribution in [2.45, 2.75) is 18.4 Å².